The molecule has 0 aromatic carbocycles. The van der Waals surface area contributed by atoms with Crippen molar-refractivity contribution in [1.82, 2.24) is 29.6 Å². The first kappa shape index (κ1) is 24.2. The Morgan fingerprint density at radius 2 is 1.45 bits per heavy atom. The number of hydrogen-bond acceptors (Lipinski definition) is 9. The van der Waals surface area contributed by atoms with Gasteiger partial charge >= 0.3 is 17.9 Å². The number of nitro groups is 1. The monoisotopic (exact) mass is 441 g/mol. The number of amides is 1. The van der Waals surface area contributed by atoms with Gasteiger partial charge in [0.15, 0.2) is 0 Å². The van der Waals surface area contributed by atoms with Crippen molar-refractivity contribution in [2.45, 2.75) is 6.54 Å². The number of rotatable bonds is 10. The molecule has 1 saturated heterocycles. The van der Waals surface area contributed by atoms with Gasteiger partial charge in [0.2, 0.25) is 5.91 Å². The molecule has 1 aromatic heterocycles. The summed E-state index contributed by atoms with van der Waals surface area (Å²) < 4.78 is 1.33. The van der Waals surface area contributed by atoms with Crippen molar-refractivity contribution < 1.29 is 29.5 Å². The second-order valence-corrected chi connectivity index (χ2v) is 7.14. The van der Waals surface area contributed by atoms with Gasteiger partial charge in [-0.05, 0) is 4.92 Å². The Morgan fingerprint density at radius 1 is 0.968 bits per heavy atom. The Bertz CT molecular complexity index is 757. The molecule has 2 rings (SSSR count). The van der Waals surface area contributed by atoms with Gasteiger partial charge in [0, 0.05) is 45.8 Å². The van der Waals surface area contributed by atoms with Crippen LogP contribution in [0.3, 0.4) is 0 Å². The van der Waals surface area contributed by atoms with Crippen LogP contribution in [-0.4, -0.2) is 123 Å². The van der Waals surface area contributed by atoms with E-state index in [0.717, 1.165) is 0 Å². The number of imidazole rings is 1. The van der Waals surface area contributed by atoms with Crippen LogP contribution in [0.25, 0.3) is 0 Å². The molecule has 0 unspecified atom stereocenters. The Labute approximate surface area is 178 Å². The topological polar surface area (TPSA) is 174 Å². The van der Waals surface area contributed by atoms with E-state index in [1.54, 1.807) is 9.80 Å². The van der Waals surface area contributed by atoms with Crippen LogP contribution in [0, 0.1) is 10.1 Å². The van der Waals surface area contributed by atoms with Gasteiger partial charge in [-0.2, -0.15) is 0 Å². The van der Waals surface area contributed by atoms with Crippen LogP contribution in [0.2, 0.25) is 0 Å². The van der Waals surface area contributed by atoms with E-state index >= 15 is 0 Å². The van der Waals surface area contributed by atoms with Gasteiger partial charge in [0.1, 0.15) is 12.4 Å². The predicted octanol–water partition coefficient (Wildman–Crippen LogP) is -2.00. The minimum atomic E-state index is -0.970. The zero-order valence-electron chi connectivity index (χ0n) is 17.1. The molecular formula is C17H27N7O7. The number of carboxylic acids is 2. The molecule has 1 aliphatic heterocycles. The Hall–Kier alpha value is -3.10. The summed E-state index contributed by atoms with van der Waals surface area (Å²) in [5.41, 5.74) is 0. The third-order valence-electron chi connectivity index (χ3n) is 4.81. The van der Waals surface area contributed by atoms with E-state index in [1.807, 2.05) is 4.90 Å². The quantitative estimate of drug-likeness (QED) is 0.270. The molecule has 1 amide bonds. The minimum absolute atomic E-state index is 0.0494. The number of hydrogen-bond donors (Lipinski definition) is 3. The van der Waals surface area contributed by atoms with Crippen molar-refractivity contribution in [3.63, 3.8) is 0 Å². The maximum Gasteiger partial charge on any atom is 0.434 e. The van der Waals surface area contributed by atoms with E-state index in [9.17, 15) is 24.5 Å². The molecule has 2 heterocycles. The summed E-state index contributed by atoms with van der Waals surface area (Å²) >= 11 is 0. The van der Waals surface area contributed by atoms with Crippen LogP contribution < -0.4 is 5.32 Å². The maximum atomic E-state index is 12.3. The van der Waals surface area contributed by atoms with E-state index < -0.39 is 16.9 Å². The molecule has 14 nitrogen and oxygen atoms in total. The molecule has 3 N–H and O–H groups in total. The lowest BCUT2D eigenvalue weighted by atomic mass is 10.4. The van der Waals surface area contributed by atoms with Crippen molar-refractivity contribution in [2.75, 3.05) is 65.4 Å². The van der Waals surface area contributed by atoms with Crippen molar-refractivity contribution in [3.8, 4) is 0 Å². The maximum absolute atomic E-state index is 12.3. The zero-order valence-corrected chi connectivity index (χ0v) is 17.1. The molecular weight excluding hydrogens is 414 g/mol. The fraction of sp³-hybridized carbons (Fsp3) is 0.647. The van der Waals surface area contributed by atoms with Crippen LogP contribution in [0.15, 0.2) is 12.4 Å². The molecule has 1 aliphatic rings. The lowest BCUT2D eigenvalue weighted by Gasteiger charge is -2.24. The fourth-order valence-electron chi connectivity index (χ4n) is 3.26. The van der Waals surface area contributed by atoms with E-state index in [0.29, 0.717) is 39.3 Å². The number of carbonyl (C=O) groups excluding carboxylic acids is 1. The normalized spacial score (nSPS) is 16.8. The number of carboxylic acid groups (broad SMARTS) is 2. The lowest BCUT2D eigenvalue weighted by Crippen LogP contribution is -2.43. The highest BCUT2D eigenvalue weighted by Crippen LogP contribution is 2.06. The average Bonchev–Trinajstić information content (AvgIpc) is 3.16. The summed E-state index contributed by atoms with van der Waals surface area (Å²) in [4.78, 5) is 53.7. The van der Waals surface area contributed by atoms with Crippen LogP contribution in [0.4, 0.5) is 5.95 Å². The Balaban J connectivity index is 1.88. The Kier molecular flexibility index (Phi) is 9.30. The molecule has 0 bridgehead atoms. The van der Waals surface area contributed by atoms with Gasteiger partial charge < -0.3 is 25.6 Å². The highest BCUT2D eigenvalue weighted by atomic mass is 16.6. The van der Waals surface area contributed by atoms with Crippen LogP contribution in [0.1, 0.15) is 0 Å². The Morgan fingerprint density at radius 3 is 1.90 bits per heavy atom. The molecule has 1 fully saturated rings. The van der Waals surface area contributed by atoms with E-state index in [2.05, 4.69) is 10.3 Å². The molecule has 1 aromatic rings. The first-order chi connectivity index (χ1) is 14.7. The number of carbonyl (C=O) groups is 3. The highest BCUT2D eigenvalue weighted by molar-refractivity contribution is 5.78. The summed E-state index contributed by atoms with van der Waals surface area (Å²) in [7, 11) is 0. The number of nitrogens with zero attached hydrogens (tertiary/aromatic N) is 6. The van der Waals surface area contributed by atoms with Crippen LogP contribution >= 0.6 is 0 Å². The summed E-state index contributed by atoms with van der Waals surface area (Å²) in [6, 6.07) is 0. The molecule has 31 heavy (non-hydrogen) atoms. The van der Waals surface area contributed by atoms with Crippen molar-refractivity contribution in [3.05, 3.63) is 22.5 Å². The highest BCUT2D eigenvalue weighted by Gasteiger charge is 2.21. The van der Waals surface area contributed by atoms with Crippen molar-refractivity contribution in [2.24, 2.45) is 0 Å². The van der Waals surface area contributed by atoms with Crippen LogP contribution in [-0.2, 0) is 20.9 Å². The number of nitrogens with one attached hydrogen (secondary N) is 1. The number of aliphatic carboxylic acids is 2. The SMILES string of the molecule is O=C(O)CN1CCN(CC(=O)O)CCN(CC(=O)NCCn2ccnc2[N+](=O)[O-])CC1. The fourth-order valence-corrected chi connectivity index (χ4v) is 3.26. The molecule has 0 aliphatic carbocycles. The molecule has 0 spiro atoms. The third kappa shape index (κ3) is 8.65. The summed E-state index contributed by atoms with van der Waals surface area (Å²) in [5.74, 6) is -2.52. The van der Waals surface area contributed by atoms with Crippen molar-refractivity contribution in [1.29, 1.82) is 0 Å². The molecule has 172 valence electrons. The zero-order chi connectivity index (χ0) is 22.8. The van der Waals surface area contributed by atoms with Gasteiger partial charge in [0.25, 0.3) is 0 Å². The first-order valence-corrected chi connectivity index (χ1v) is 9.77. The molecule has 0 radical (unpaired) electrons. The summed E-state index contributed by atoms with van der Waals surface area (Å²) in [6.07, 6.45) is 2.77. The lowest BCUT2D eigenvalue weighted by molar-refractivity contribution is -0.396. The van der Waals surface area contributed by atoms with Crippen molar-refractivity contribution >= 4 is 23.8 Å². The van der Waals surface area contributed by atoms with Gasteiger partial charge in [-0.1, -0.05) is 4.98 Å². The standard InChI is InChI=1S/C17H27N7O7/c25-14(18-1-3-23-4-2-19-17(23)24(30)31)11-20-5-7-21(12-15(26)27)9-10-22(8-6-20)13-16(28)29/h2,4H,1,3,5-13H2,(H,18,25)(H,26,27)(H,28,29). The molecule has 0 saturated carbocycles. The average molecular weight is 441 g/mol. The largest absolute Gasteiger partial charge is 0.480 e. The molecule has 0 atom stereocenters. The third-order valence-corrected chi connectivity index (χ3v) is 4.81. The van der Waals surface area contributed by atoms with E-state index in [4.69, 9.17) is 10.2 Å². The van der Waals surface area contributed by atoms with Gasteiger partial charge in [-0.25, -0.2) is 4.57 Å². The predicted molar refractivity (Wildman–Crippen MR) is 106 cm³/mol. The molecule has 14 heteroatoms. The number of aromatic nitrogens is 2. The van der Waals surface area contributed by atoms with Gasteiger partial charge in [0.05, 0.1) is 26.2 Å². The van der Waals surface area contributed by atoms with Gasteiger partial charge in [-0.3, -0.25) is 29.1 Å². The minimum Gasteiger partial charge on any atom is -0.480 e. The van der Waals surface area contributed by atoms with Gasteiger partial charge in [-0.15, -0.1) is 0 Å². The summed E-state index contributed by atoms with van der Waals surface area (Å²) in [6.45, 7) is 2.71. The first-order valence-electron chi connectivity index (χ1n) is 9.77. The summed E-state index contributed by atoms with van der Waals surface area (Å²) in [5, 5.41) is 31.7. The second kappa shape index (κ2) is 11.9. The second-order valence-electron chi connectivity index (χ2n) is 7.14. The van der Waals surface area contributed by atoms with Crippen LogP contribution in [0.5, 0.6) is 0 Å². The van der Waals surface area contributed by atoms with E-state index in [1.165, 1.54) is 17.0 Å². The smallest absolute Gasteiger partial charge is 0.434 e. The van der Waals surface area contributed by atoms with E-state index in [-0.39, 0.29) is 44.6 Å².